The number of quaternary nitrogens is 1. The number of aliphatic hydroxyl groups is 1. The maximum Gasteiger partial charge on any atom is 0.224 e. The Morgan fingerprint density at radius 1 is 1.40 bits per heavy atom. The summed E-state index contributed by atoms with van der Waals surface area (Å²) in [5.41, 5.74) is 3.12. The molecular formula is C13H16ClN4O2+. The molecule has 0 bridgehead atoms. The van der Waals surface area contributed by atoms with Crippen molar-refractivity contribution in [3.8, 4) is 0 Å². The fourth-order valence-electron chi connectivity index (χ4n) is 1.78. The summed E-state index contributed by atoms with van der Waals surface area (Å²) in [7, 11) is 1.54. The SMILES string of the molecule is CO[NH2+]c1cnc(Cl)nc1NC(CO)c1ccccc1. The van der Waals surface area contributed by atoms with Crippen LogP contribution in [0.1, 0.15) is 11.6 Å². The van der Waals surface area contributed by atoms with E-state index in [4.69, 9.17) is 16.4 Å². The second-order valence-electron chi connectivity index (χ2n) is 4.09. The van der Waals surface area contributed by atoms with Gasteiger partial charge in [0.2, 0.25) is 11.0 Å². The average molecular weight is 296 g/mol. The molecule has 0 spiro atoms. The highest BCUT2D eigenvalue weighted by Crippen LogP contribution is 2.22. The second-order valence-corrected chi connectivity index (χ2v) is 4.42. The Balaban J connectivity index is 2.25. The molecule has 1 heterocycles. The summed E-state index contributed by atoms with van der Waals surface area (Å²) in [6, 6.07) is 9.31. The number of halogens is 1. The molecule has 1 aromatic carbocycles. The van der Waals surface area contributed by atoms with Crippen molar-refractivity contribution in [1.82, 2.24) is 9.97 Å². The number of benzene rings is 1. The molecule has 0 aliphatic rings. The van der Waals surface area contributed by atoms with E-state index < -0.39 is 0 Å². The van der Waals surface area contributed by atoms with Crippen LogP contribution >= 0.6 is 11.6 Å². The lowest BCUT2D eigenvalue weighted by atomic mass is 10.1. The van der Waals surface area contributed by atoms with Gasteiger partial charge in [-0.2, -0.15) is 10.5 Å². The number of rotatable bonds is 6. The van der Waals surface area contributed by atoms with Crippen LogP contribution in [0, 0.1) is 0 Å². The van der Waals surface area contributed by atoms with E-state index in [1.54, 1.807) is 13.3 Å². The van der Waals surface area contributed by atoms with E-state index >= 15 is 0 Å². The van der Waals surface area contributed by atoms with Crippen LogP contribution in [0.5, 0.6) is 0 Å². The zero-order valence-corrected chi connectivity index (χ0v) is 11.7. The lowest BCUT2D eigenvalue weighted by Crippen LogP contribution is -2.76. The van der Waals surface area contributed by atoms with Gasteiger partial charge in [0.05, 0.1) is 26.0 Å². The van der Waals surface area contributed by atoms with Crippen LogP contribution in [-0.4, -0.2) is 28.8 Å². The number of anilines is 1. The first-order chi connectivity index (χ1) is 9.74. The summed E-state index contributed by atoms with van der Waals surface area (Å²) in [5, 5.41) is 12.8. The Labute approximate surface area is 121 Å². The summed E-state index contributed by atoms with van der Waals surface area (Å²) >= 11 is 5.81. The predicted molar refractivity (Wildman–Crippen MR) is 75.5 cm³/mol. The molecule has 0 radical (unpaired) electrons. The Morgan fingerprint density at radius 3 is 2.80 bits per heavy atom. The van der Waals surface area contributed by atoms with Crippen molar-refractivity contribution >= 4 is 23.1 Å². The molecule has 0 amide bonds. The standard InChI is InChI=1S/C13H15ClN4O2/c1-20-18-10-7-15-13(14)17-12(10)16-11(8-19)9-5-3-2-4-6-9/h2-7,11,18-19H,8H2,1H3,(H,15,16,17)/p+1. The van der Waals surface area contributed by atoms with Crippen molar-refractivity contribution in [3.05, 3.63) is 47.4 Å². The molecule has 20 heavy (non-hydrogen) atoms. The van der Waals surface area contributed by atoms with Crippen molar-refractivity contribution in [2.75, 3.05) is 19.0 Å². The molecule has 0 fully saturated rings. The number of nitrogens with two attached hydrogens (primary N) is 1. The first-order valence-electron chi connectivity index (χ1n) is 6.05. The van der Waals surface area contributed by atoms with E-state index in [0.29, 0.717) is 11.5 Å². The highest BCUT2D eigenvalue weighted by Gasteiger charge is 2.16. The van der Waals surface area contributed by atoms with E-state index in [2.05, 4.69) is 15.3 Å². The third kappa shape index (κ3) is 3.64. The van der Waals surface area contributed by atoms with Gasteiger partial charge in [-0.05, 0) is 17.2 Å². The number of aliphatic hydroxyl groups excluding tert-OH is 1. The highest BCUT2D eigenvalue weighted by atomic mass is 35.5. The molecule has 0 saturated carbocycles. The normalized spacial score (nSPS) is 12.2. The van der Waals surface area contributed by atoms with Crippen LogP contribution < -0.4 is 10.8 Å². The van der Waals surface area contributed by atoms with Crippen molar-refractivity contribution in [2.45, 2.75) is 6.04 Å². The Kier molecular flexibility index (Phi) is 5.25. The molecule has 1 unspecified atom stereocenters. The van der Waals surface area contributed by atoms with Crippen LogP contribution in [0.3, 0.4) is 0 Å². The van der Waals surface area contributed by atoms with Gasteiger partial charge in [0.25, 0.3) is 0 Å². The average Bonchev–Trinajstić information content (AvgIpc) is 2.48. The minimum atomic E-state index is -0.286. The Bertz CT molecular complexity index is 553. The minimum Gasteiger partial charge on any atom is -0.394 e. The van der Waals surface area contributed by atoms with E-state index in [1.165, 1.54) is 5.48 Å². The van der Waals surface area contributed by atoms with Crippen LogP contribution in [0.2, 0.25) is 5.28 Å². The van der Waals surface area contributed by atoms with Crippen LogP contribution in [0.4, 0.5) is 11.5 Å². The van der Waals surface area contributed by atoms with Crippen molar-refractivity contribution in [2.24, 2.45) is 0 Å². The van der Waals surface area contributed by atoms with Crippen LogP contribution in [0.15, 0.2) is 36.5 Å². The predicted octanol–water partition coefficient (Wildman–Crippen LogP) is 1.03. The third-order valence-corrected chi connectivity index (χ3v) is 2.91. The lowest BCUT2D eigenvalue weighted by Gasteiger charge is -2.17. The highest BCUT2D eigenvalue weighted by molar-refractivity contribution is 6.28. The van der Waals surface area contributed by atoms with Gasteiger partial charge in [-0.1, -0.05) is 30.3 Å². The number of nitrogens with zero attached hydrogens (tertiary/aromatic N) is 2. The van der Waals surface area contributed by atoms with Crippen molar-refractivity contribution in [3.63, 3.8) is 0 Å². The molecule has 106 valence electrons. The first kappa shape index (κ1) is 14.7. The maximum absolute atomic E-state index is 9.55. The molecule has 0 aliphatic carbocycles. The van der Waals surface area contributed by atoms with Crippen molar-refractivity contribution < 1.29 is 15.4 Å². The van der Waals surface area contributed by atoms with Gasteiger partial charge in [-0.25, -0.2) is 9.82 Å². The van der Waals surface area contributed by atoms with Gasteiger partial charge in [0, 0.05) is 0 Å². The number of hydrogen-bond acceptors (Lipinski definition) is 5. The smallest absolute Gasteiger partial charge is 0.224 e. The molecule has 2 aromatic rings. The molecule has 1 aromatic heterocycles. The number of hydrogen-bond donors (Lipinski definition) is 3. The summed E-state index contributed by atoms with van der Waals surface area (Å²) in [6.07, 6.45) is 1.56. The molecule has 0 aliphatic heterocycles. The second kappa shape index (κ2) is 7.16. The summed E-state index contributed by atoms with van der Waals surface area (Å²) in [5.74, 6) is 0.509. The van der Waals surface area contributed by atoms with Crippen molar-refractivity contribution in [1.29, 1.82) is 0 Å². The minimum absolute atomic E-state index is 0.0714. The van der Waals surface area contributed by atoms with Gasteiger partial charge >= 0.3 is 0 Å². The van der Waals surface area contributed by atoms with Crippen LogP contribution in [0.25, 0.3) is 0 Å². The van der Waals surface area contributed by atoms with E-state index in [1.807, 2.05) is 30.3 Å². The summed E-state index contributed by atoms with van der Waals surface area (Å²) in [6.45, 7) is -0.0714. The number of aromatic nitrogens is 2. The first-order valence-corrected chi connectivity index (χ1v) is 6.43. The van der Waals surface area contributed by atoms with Crippen LogP contribution in [-0.2, 0) is 4.84 Å². The third-order valence-electron chi connectivity index (χ3n) is 2.73. The maximum atomic E-state index is 9.55. The zero-order valence-electron chi connectivity index (χ0n) is 11.0. The zero-order chi connectivity index (χ0) is 14.4. The Morgan fingerprint density at radius 2 is 2.15 bits per heavy atom. The molecule has 4 N–H and O–H groups in total. The molecule has 1 atom stereocenters. The molecular weight excluding hydrogens is 280 g/mol. The van der Waals surface area contributed by atoms with Gasteiger partial charge < -0.3 is 10.4 Å². The summed E-state index contributed by atoms with van der Waals surface area (Å²) in [4.78, 5) is 13.0. The topological polar surface area (TPSA) is 83.9 Å². The van der Waals surface area contributed by atoms with Gasteiger partial charge in [-0.15, -0.1) is 0 Å². The van der Waals surface area contributed by atoms with E-state index in [-0.39, 0.29) is 17.9 Å². The Hall–Kier alpha value is -1.73. The lowest BCUT2D eigenvalue weighted by molar-refractivity contribution is -0.829. The summed E-state index contributed by atoms with van der Waals surface area (Å²) < 4.78 is 0. The molecule has 0 saturated heterocycles. The van der Waals surface area contributed by atoms with Gasteiger partial charge in [-0.3, -0.25) is 0 Å². The largest absolute Gasteiger partial charge is 0.394 e. The van der Waals surface area contributed by atoms with E-state index in [0.717, 1.165) is 5.56 Å². The van der Waals surface area contributed by atoms with E-state index in [9.17, 15) is 5.11 Å². The molecule has 7 heteroatoms. The molecule has 6 nitrogen and oxygen atoms in total. The monoisotopic (exact) mass is 295 g/mol. The van der Waals surface area contributed by atoms with Gasteiger partial charge in [0.15, 0.2) is 5.82 Å². The molecule has 2 rings (SSSR count). The quantitative estimate of drug-likeness (QED) is 0.548. The fourth-order valence-corrected chi connectivity index (χ4v) is 1.92. The van der Waals surface area contributed by atoms with Gasteiger partial charge in [0.1, 0.15) is 0 Å². The number of nitrogens with one attached hydrogen (secondary N) is 1. The fraction of sp³-hybridized carbons (Fsp3) is 0.231.